The summed E-state index contributed by atoms with van der Waals surface area (Å²) < 4.78 is 9.18. The molecule has 2 aromatic heterocycles. The summed E-state index contributed by atoms with van der Waals surface area (Å²) in [7, 11) is 0. The normalized spacial score (nSPS) is 13.7. The maximum Gasteiger partial charge on any atom is 0.159 e. The molecule has 0 aliphatic carbocycles. The Morgan fingerprint density at radius 2 is 0.882 bits per heavy atom. The molecule has 13 rings (SSSR count). The SMILES string of the molecule is c1ccc(-c2cccc(C3=NC(c4cccc5oc6cc7c8ccccc8n(-c8ccc(-c9cccc(-c%10ccccc%10)c9)cc8)c7cc6c45)NC(c4cccc(-c5ccccc5)c4)=N3)c2)cc1. The minimum Gasteiger partial charge on any atom is -0.456 e. The molecule has 0 radical (unpaired) electrons. The Balaban J connectivity index is 0.949. The van der Waals surface area contributed by atoms with Crippen LogP contribution in [0.2, 0.25) is 0 Å². The summed E-state index contributed by atoms with van der Waals surface area (Å²) >= 11 is 0. The van der Waals surface area contributed by atoms with Crippen molar-refractivity contribution in [3.63, 3.8) is 0 Å². The number of aliphatic imine (C=N–C) groups is 2. The highest BCUT2D eigenvalue weighted by atomic mass is 16.3. The molecule has 10 aromatic carbocycles. The van der Waals surface area contributed by atoms with E-state index < -0.39 is 6.17 Å². The van der Waals surface area contributed by atoms with E-state index in [1.165, 1.54) is 27.6 Å². The van der Waals surface area contributed by atoms with Gasteiger partial charge in [0.15, 0.2) is 5.84 Å². The summed E-state index contributed by atoms with van der Waals surface area (Å²) in [5.74, 6) is 1.42. The number of fused-ring (bicyclic) bond motifs is 6. The third-order valence-electron chi connectivity index (χ3n) is 13.3. The van der Waals surface area contributed by atoms with Crippen molar-refractivity contribution in [2.24, 2.45) is 9.98 Å². The van der Waals surface area contributed by atoms with Gasteiger partial charge in [-0.1, -0.05) is 188 Å². The zero-order valence-corrected chi connectivity index (χ0v) is 36.9. The van der Waals surface area contributed by atoms with Gasteiger partial charge >= 0.3 is 0 Å². The van der Waals surface area contributed by atoms with E-state index in [2.05, 4.69) is 240 Å². The van der Waals surface area contributed by atoms with E-state index in [1.54, 1.807) is 0 Å². The lowest BCUT2D eigenvalue weighted by molar-refractivity contribution is 0.662. The highest BCUT2D eigenvalue weighted by molar-refractivity contribution is 6.18. The number of hydrogen-bond acceptors (Lipinski definition) is 4. The summed E-state index contributed by atoms with van der Waals surface area (Å²) in [6.45, 7) is 0. The van der Waals surface area contributed by atoms with E-state index >= 15 is 0 Å². The smallest absolute Gasteiger partial charge is 0.159 e. The number of benzene rings is 10. The molecule has 12 aromatic rings. The standard InChI is InChI=1S/C63H42N4O/c1-4-16-41(17-5-1)45-22-12-23-46(36-45)44-32-34-51(35-33-44)67-56-30-11-10-28-52(56)54-40-59-55(39-57(54)67)60-53(29-15-31-58(60)68-59)63-65-61(49-26-13-24-47(37-49)42-18-6-2-7-19-42)64-62(66-63)50-27-14-25-48(38-50)43-20-8-3-9-21-43/h1-40,63H,(H,64,65,66). The molecule has 3 heterocycles. The molecule has 0 spiro atoms. The second kappa shape index (κ2) is 16.4. The van der Waals surface area contributed by atoms with Gasteiger partial charge in [0.1, 0.15) is 23.2 Å². The Hall–Kier alpha value is -9.06. The van der Waals surface area contributed by atoms with Gasteiger partial charge in [-0.3, -0.25) is 0 Å². The molecule has 0 fully saturated rings. The quantitative estimate of drug-likeness (QED) is 0.165. The van der Waals surface area contributed by atoms with Crippen LogP contribution in [-0.4, -0.2) is 16.2 Å². The van der Waals surface area contributed by atoms with Gasteiger partial charge in [-0.2, -0.15) is 0 Å². The molecule has 1 unspecified atom stereocenters. The predicted molar refractivity (Wildman–Crippen MR) is 282 cm³/mol. The van der Waals surface area contributed by atoms with Gasteiger partial charge in [0.05, 0.1) is 11.0 Å². The van der Waals surface area contributed by atoms with Gasteiger partial charge < -0.3 is 14.3 Å². The number of amidine groups is 2. The number of aromatic nitrogens is 1. The van der Waals surface area contributed by atoms with E-state index in [0.29, 0.717) is 5.84 Å². The van der Waals surface area contributed by atoms with Crippen LogP contribution in [0.1, 0.15) is 22.9 Å². The molecule has 68 heavy (non-hydrogen) atoms. The van der Waals surface area contributed by atoms with Crippen molar-refractivity contribution in [3.05, 3.63) is 259 Å². The van der Waals surface area contributed by atoms with Crippen LogP contribution < -0.4 is 5.32 Å². The van der Waals surface area contributed by atoms with E-state index in [-0.39, 0.29) is 0 Å². The fourth-order valence-electron chi connectivity index (χ4n) is 9.96. The Morgan fingerprint density at radius 3 is 1.53 bits per heavy atom. The second-order valence-corrected chi connectivity index (χ2v) is 17.4. The Kier molecular flexibility index (Phi) is 9.50. The van der Waals surface area contributed by atoms with Gasteiger partial charge in [0, 0.05) is 43.9 Å². The van der Waals surface area contributed by atoms with Crippen LogP contribution in [0.4, 0.5) is 0 Å². The Morgan fingerprint density at radius 1 is 0.368 bits per heavy atom. The van der Waals surface area contributed by atoms with E-state index in [1.807, 2.05) is 12.1 Å². The van der Waals surface area contributed by atoms with Crippen LogP contribution in [0.5, 0.6) is 0 Å². The van der Waals surface area contributed by atoms with Crippen molar-refractivity contribution in [3.8, 4) is 50.2 Å². The molecule has 5 nitrogen and oxygen atoms in total. The Bertz CT molecular complexity index is 3920. The number of furan rings is 1. The lowest BCUT2D eigenvalue weighted by Gasteiger charge is -2.24. The number of rotatable bonds is 8. The van der Waals surface area contributed by atoms with Gasteiger partial charge in [-0.15, -0.1) is 0 Å². The van der Waals surface area contributed by atoms with Gasteiger partial charge in [-0.05, 0) is 99.1 Å². The minimum absolute atomic E-state index is 0.475. The average molecular weight is 871 g/mol. The molecular weight excluding hydrogens is 829 g/mol. The van der Waals surface area contributed by atoms with E-state index in [9.17, 15) is 0 Å². The van der Waals surface area contributed by atoms with Crippen molar-refractivity contribution in [1.82, 2.24) is 9.88 Å². The first-order valence-electron chi connectivity index (χ1n) is 23.1. The van der Waals surface area contributed by atoms with Crippen molar-refractivity contribution in [2.45, 2.75) is 6.17 Å². The van der Waals surface area contributed by atoms with Gasteiger partial charge in [0.25, 0.3) is 0 Å². The summed E-state index contributed by atoms with van der Waals surface area (Å²) in [5.41, 5.74) is 17.2. The van der Waals surface area contributed by atoms with Gasteiger partial charge in [0.2, 0.25) is 0 Å². The van der Waals surface area contributed by atoms with E-state index in [4.69, 9.17) is 14.4 Å². The summed E-state index contributed by atoms with van der Waals surface area (Å²) in [6.07, 6.45) is -0.475. The number of hydrogen-bond donors (Lipinski definition) is 1. The molecular formula is C63H42N4O. The third-order valence-corrected chi connectivity index (χ3v) is 13.3. The second-order valence-electron chi connectivity index (χ2n) is 17.4. The Labute approximate surface area is 393 Å². The van der Waals surface area contributed by atoms with Crippen LogP contribution >= 0.6 is 0 Å². The molecule has 5 heteroatoms. The van der Waals surface area contributed by atoms with Crippen molar-refractivity contribution in [1.29, 1.82) is 0 Å². The maximum absolute atomic E-state index is 6.80. The molecule has 1 N–H and O–H groups in total. The van der Waals surface area contributed by atoms with Crippen LogP contribution in [-0.2, 0) is 0 Å². The molecule has 0 bridgehead atoms. The van der Waals surface area contributed by atoms with Crippen LogP contribution in [0.15, 0.2) is 257 Å². The van der Waals surface area contributed by atoms with Gasteiger partial charge in [-0.25, -0.2) is 9.98 Å². The highest BCUT2D eigenvalue weighted by Crippen LogP contribution is 2.41. The molecule has 0 amide bonds. The molecule has 1 atom stereocenters. The largest absolute Gasteiger partial charge is 0.456 e. The zero-order chi connectivity index (χ0) is 45.0. The van der Waals surface area contributed by atoms with E-state index in [0.717, 1.165) is 88.8 Å². The lowest BCUT2D eigenvalue weighted by atomic mass is 9.99. The van der Waals surface area contributed by atoms with Crippen molar-refractivity contribution in [2.75, 3.05) is 0 Å². The molecule has 1 aliphatic rings. The van der Waals surface area contributed by atoms with Crippen LogP contribution in [0, 0.1) is 0 Å². The monoisotopic (exact) mass is 870 g/mol. The first kappa shape index (κ1) is 39.3. The van der Waals surface area contributed by atoms with Crippen LogP contribution in [0.25, 0.3) is 93.9 Å². The fraction of sp³-hybridized carbons (Fsp3) is 0.0159. The van der Waals surface area contributed by atoms with Crippen molar-refractivity contribution < 1.29 is 4.42 Å². The zero-order valence-electron chi connectivity index (χ0n) is 36.9. The maximum atomic E-state index is 6.80. The lowest BCUT2D eigenvalue weighted by Crippen LogP contribution is -2.33. The highest BCUT2D eigenvalue weighted by Gasteiger charge is 2.26. The summed E-state index contributed by atoms with van der Waals surface area (Å²) in [5, 5.41) is 8.16. The number of nitrogens with one attached hydrogen (secondary N) is 1. The molecule has 320 valence electrons. The predicted octanol–water partition coefficient (Wildman–Crippen LogP) is 15.8. The third kappa shape index (κ3) is 6.97. The topological polar surface area (TPSA) is 54.8 Å². The summed E-state index contributed by atoms with van der Waals surface area (Å²) in [4.78, 5) is 10.7. The number of nitrogens with zero attached hydrogens (tertiary/aromatic N) is 3. The molecule has 1 aliphatic heterocycles. The minimum atomic E-state index is -0.475. The average Bonchev–Trinajstić information content (AvgIpc) is 3.95. The van der Waals surface area contributed by atoms with Crippen molar-refractivity contribution >= 4 is 55.4 Å². The van der Waals surface area contributed by atoms with Crippen LogP contribution in [0.3, 0.4) is 0 Å². The summed E-state index contributed by atoms with van der Waals surface area (Å²) in [6, 6.07) is 85.8. The first-order chi connectivity index (χ1) is 33.7. The fourth-order valence-corrected chi connectivity index (χ4v) is 9.96. The molecule has 0 saturated carbocycles. The number of para-hydroxylation sites is 1. The first-order valence-corrected chi connectivity index (χ1v) is 23.1. The molecule has 0 saturated heterocycles.